The molecule has 1 aromatic carbocycles. The monoisotopic (exact) mass is 361 g/mol. The van der Waals surface area contributed by atoms with Crippen LogP contribution < -0.4 is 0 Å². The second kappa shape index (κ2) is 7.29. The van der Waals surface area contributed by atoms with Gasteiger partial charge in [-0.15, -0.1) is 0 Å². The van der Waals surface area contributed by atoms with E-state index in [1.165, 1.54) is 18.2 Å². The van der Waals surface area contributed by atoms with Crippen molar-refractivity contribution < 1.29 is 28.2 Å². The molecule has 6 nitrogen and oxygen atoms in total. The van der Waals surface area contributed by atoms with Gasteiger partial charge in [0.25, 0.3) is 5.91 Å². The van der Waals surface area contributed by atoms with Crippen LogP contribution >= 0.6 is 0 Å². The van der Waals surface area contributed by atoms with Crippen molar-refractivity contribution in [1.82, 2.24) is 4.90 Å². The number of amides is 1. The van der Waals surface area contributed by atoms with E-state index < -0.39 is 5.97 Å². The molecule has 1 fully saturated rings. The van der Waals surface area contributed by atoms with Gasteiger partial charge in [0.2, 0.25) is 0 Å². The normalized spacial score (nSPS) is 20.2. The predicted octanol–water partition coefficient (Wildman–Crippen LogP) is 3.28. The Balaban J connectivity index is 1.82. The first kappa shape index (κ1) is 18.1. The largest absolute Gasteiger partial charge is 0.478 e. The first-order chi connectivity index (χ1) is 12.4. The highest BCUT2D eigenvalue weighted by Gasteiger charge is 2.32. The molecule has 1 saturated heterocycles. The van der Waals surface area contributed by atoms with Gasteiger partial charge in [0.1, 0.15) is 23.2 Å². The third kappa shape index (κ3) is 3.62. The highest BCUT2D eigenvalue weighted by atomic mass is 19.1. The van der Waals surface area contributed by atoms with Crippen LogP contribution in [0.15, 0.2) is 34.7 Å². The van der Waals surface area contributed by atoms with Gasteiger partial charge in [0.05, 0.1) is 12.6 Å². The first-order valence-electron chi connectivity index (χ1n) is 8.45. The standard InChI is InChI=1S/C19H20FNO5/c1-3-15-14(19(23)24)8-16(26-15)18(22)21-9-11(2)25-17(10-21)12-4-6-13(20)7-5-12/h4-8,11,17H,3,9-10H2,1-2H3,(H,23,24). The number of ether oxygens (including phenoxy) is 1. The fourth-order valence-electron chi connectivity index (χ4n) is 3.11. The van der Waals surface area contributed by atoms with Crippen molar-refractivity contribution in [3.8, 4) is 0 Å². The van der Waals surface area contributed by atoms with Crippen molar-refractivity contribution in [2.45, 2.75) is 32.5 Å². The minimum Gasteiger partial charge on any atom is -0.478 e. The minimum absolute atomic E-state index is 0.00575. The maximum Gasteiger partial charge on any atom is 0.339 e. The van der Waals surface area contributed by atoms with E-state index in [4.69, 9.17) is 9.15 Å². The van der Waals surface area contributed by atoms with Gasteiger partial charge in [0, 0.05) is 19.0 Å². The quantitative estimate of drug-likeness (QED) is 0.904. The van der Waals surface area contributed by atoms with Gasteiger partial charge in [0.15, 0.2) is 5.76 Å². The molecule has 1 aliphatic heterocycles. The number of hydrogen-bond acceptors (Lipinski definition) is 4. The van der Waals surface area contributed by atoms with E-state index in [0.29, 0.717) is 13.0 Å². The van der Waals surface area contributed by atoms with E-state index in [2.05, 4.69) is 0 Å². The number of rotatable bonds is 4. The lowest BCUT2D eigenvalue weighted by Crippen LogP contribution is -2.45. The number of aryl methyl sites for hydroxylation is 1. The average molecular weight is 361 g/mol. The van der Waals surface area contributed by atoms with Crippen LogP contribution in [0.2, 0.25) is 0 Å². The van der Waals surface area contributed by atoms with Crippen LogP contribution in [0.1, 0.15) is 52.2 Å². The summed E-state index contributed by atoms with van der Waals surface area (Å²) in [6.07, 6.45) is -0.225. The van der Waals surface area contributed by atoms with Crippen LogP contribution in [-0.4, -0.2) is 41.1 Å². The number of carboxylic acids is 1. The Morgan fingerprint density at radius 3 is 2.54 bits per heavy atom. The summed E-state index contributed by atoms with van der Waals surface area (Å²) in [5, 5.41) is 9.22. The molecule has 2 unspecified atom stereocenters. The first-order valence-corrected chi connectivity index (χ1v) is 8.45. The number of morpholine rings is 1. The van der Waals surface area contributed by atoms with E-state index in [1.54, 1.807) is 24.0 Å². The maximum atomic E-state index is 13.1. The van der Waals surface area contributed by atoms with Crippen molar-refractivity contribution >= 4 is 11.9 Å². The van der Waals surface area contributed by atoms with Crippen LogP contribution in [-0.2, 0) is 11.2 Å². The molecule has 2 heterocycles. The van der Waals surface area contributed by atoms with Gasteiger partial charge < -0.3 is 19.2 Å². The molecule has 7 heteroatoms. The SMILES string of the molecule is CCc1oc(C(=O)N2CC(C)OC(c3ccc(F)cc3)C2)cc1C(=O)O. The van der Waals surface area contributed by atoms with Crippen LogP contribution in [0.3, 0.4) is 0 Å². The molecule has 0 spiro atoms. The summed E-state index contributed by atoms with van der Waals surface area (Å²) in [6, 6.07) is 7.24. The Hall–Kier alpha value is -2.67. The zero-order valence-corrected chi connectivity index (χ0v) is 14.6. The molecule has 1 aromatic heterocycles. The van der Waals surface area contributed by atoms with Crippen LogP contribution in [0, 0.1) is 5.82 Å². The third-order valence-corrected chi connectivity index (χ3v) is 4.36. The molecule has 1 N–H and O–H groups in total. The van der Waals surface area contributed by atoms with Gasteiger partial charge in [-0.2, -0.15) is 0 Å². The fourth-order valence-corrected chi connectivity index (χ4v) is 3.11. The molecule has 1 aliphatic rings. The molecular formula is C19H20FNO5. The van der Waals surface area contributed by atoms with E-state index >= 15 is 0 Å². The topological polar surface area (TPSA) is 80.0 Å². The summed E-state index contributed by atoms with van der Waals surface area (Å²) >= 11 is 0. The average Bonchev–Trinajstić information content (AvgIpc) is 3.06. The number of aromatic carboxylic acids is 1. The van der Waals surface area contributed by atoms with E-state index in [9.17, 15) is 19.1 Å². The minimum atomic E-state index is -1.12. The van der Waals surface area contributed by atoms with Crippen LogP contribution in [0.5, 0.6) is 0 Å². The number of carbonyl (C=O) groups excluding carboxylic acids is 1. The summed E-state index contributed by atoms with van der Waals surface area (Å²) in [7, 11) is 0. The maximum absolute atomic E-state index is 13.1. The van der Waals surface area contributed by atoms with Gasteiger partial charge in [-0.05, 0) is 24.6 Å². The number of benzene rings is 1. The highest BCUT2D eigenvalue weighted by Crippen LogP contribution is 2.27. The van der Waals surface area contributed by atoms with E-state index in [1.807, 2.05) is 6.92 Å². The molecule has 2 aromatic rings. The Bertz CT molecular complexity index is 814. The number of nitrogens with zero attached hydrogens (tertiary/aromatic N) is 1. The third-order valence-electron chi connectivity index (χ3n) is 4.36. The predicted molar refractivity (Wildman–Crippen MR) is 90.6 cm³/mol. The second-order valence-electron chi connectivity index (χ2n) is 6.30. The number of furan rings is 1. The van der Waals surface area contributed by atoms with Gasteiger partial charge in [-0.3, -0.25) is 4.79 Å². The number of carboxylic acid groups (broad SMARTS) is 1. The lowest BCUT2D eigenvalue weighted by atomic mass is 10.1. The smallest absolute Gasteiger partial charge is 0.339 e. The molecule has 0 radical (unpaired) electrons. The van der Waals surface area contributed by atoms with Gasteiger partial charge in [-0.1, -0.05) is 19.1 Å². The lowest BCUT2D eigenvalue weighted by Gasteiger charge is -2.36. The van der Waals surface area contributed by atoms with E-state index in [-0.39, 0.29) is 47.6 Å². The molecule has 138 valence electrons. The molecular weight excluding hydrogens is 341 g/mol. The molecule has 0 aliphatic carbocycles. The number of hydrogen-bond donors (Lipinski definition) is 1. The van der Waals surface area contributed by atoms with Crippen LogP contribution in [0.25, 0.3) is 0 Å². The number of halogens is 1. The Labute approximate surface area is 150 Å². The Morgan fingerprint density at radius 2 is 1.96 bits per heavy atom. The van der Waals surface area contributed by atoms with Gasteiger partial charge in [-0.25, -0.2) is 9.18 Å². The summed E-state index contributed by atoms with van der Waals surface area (Å²) < 4.78 is 24.5. The molecule has 2 atom stereocenters. The lowest BCUT2D eigenvalue weighted by molar-refractivity contribution is -0.0697. The summed E-state index contributed by atoms with van der Waals surface area (Å²) in [5.41, 5.74) is 0.780. The molecule has 26 heavy (non-hydrogen) atoms. The van der Waals surface area contributed by atoms with Crippen molar-refractivity contribution in [1.29, 1.82) is 0 Å². The molecule has 3 rings (SSSR count). The Morgan fingerprint density at radius 1 is 1.27 bits per heavy atom. The summed E-state index contributed by atoms with van der Waals surface area (Å²) in [4.78, 5) is 25.7. The molecule has 1 amide bonds. The van der Waals surface area contributed by atoms with Gasteiger partial charge >= 0.3 is 5.97 Å². The zero-order valence-electron chi connectivity index (χ0n) is 14.6. The summed E-state index contributed by atoms with van der Waals surface area (Å²) in [5.74, 6) is -1.56. The fraction of sp³-hybridized carbons (Fsp3) is 0.368. The summed E-state index contributed by atoms with van der Waals surface area (Å²) in [6.45, 7) is 4.25. The molecule has 0 saturated carbocycles. The van der Waals surface area contributed by atoms with Crippen LogP contribution in [0.4, 0.5) is 4.39 Å². The Kier molecular flexibility index (Phi) is 5.08. The highest BCUT2D eigenvalue weighted by molar-refractivity contribution is 5.96. The van der Waals surface area contributed by atoms with Crippen molar-refractivity contribution in [2.24, 2.45) is 0 Å². The van der Waals surface area contributed by atoms with Crippen molar-refractivity contribution in [2.75, 3.05) is 13.1 Å². The second-order valence-corrected chi connectivity index (χ2v) is 6.30. The van der Waals surface area contributed by atoms with E-state index in [0.717, 1.165) is 5.56 Å². The molecule has 0 bridgehead atoms. The van der Waals surface area contributed by atoms with Crippen molar-refractivity contribution in [3.05, 3.63) is 58.8 Å². The van der Waals surface area contributed by atoms with Crippen molar-refractivity contribution in [3.63, 3.8) is 0 Å². The zero-order chi connectivity index (χ0) is 18.8. The number of carbonyl (C=O) groups is 2.